The smallest absolute Gasteiger partial charge is 0.433 e. The second-order valence-electron chi connectivity index (χ2n) is 9.76. The summed E-state index contributed by atoms with van der Waals surface area (Å²) in [4.78, 5) is 5.52. The van der Waals surface area contributed by atoms with Crippen LogP contribution < -0.4 is 4.74 Å². The number of aryl methyl sites for hydroxylation is 1. The second-order valence-corrected chi connectivity index (χ2v) is 9.76. The zero-order chi connectivity index (χ0) is 27.7. The van der Waals surface area contributed by atoms with Crippen LogP contribution in [0.25, 0.3) is 22.5 Å². The number of halogens is 5. The van der Waals surface area contributed by atoms with Gasteiger partial charge in [0.1, 0.15) is 11.4 Å². The van der Waals surface area contributed by atoms with Crippen molar-refractivity contribution in [3.05, 3.63) is 53.9 Å². The summed E-state index contributed by atoms with van der Waals surface area (Å²) in [6.07, 6.45) is -1.90. The maximum absolute atomic E-state index is 13.3. The maximum atomic E-state index is 13.3. The summed E-state index contributed by atoms with van der Waals surface area (Å²) in [6, 6.07) is 8.67. The molecular weight excluding hydrogens is 511 g/mol. The Kier molecular flexibility index (Phi) is 8.05. The lowest BCUT2D eigenvalue weighted by Gasteiger charge is -2.39. The first-order chi connectivity index (χ1) is 17.9. The van der Waals surface area contributed by atoms with Crippen molar-refractivity contribution in [2.24, 2.45) is 13.0 Å². The van der Waals surface area contributed by atoms with Crippen molar-refractivity contribution in [2.45, 2.75) is 44.7 Å². The van der Waals surface area contributed by atoms with Crippen LogP contribution in [0.3, 0.4) is 0 Å². The van der Waals surface area contributed by atoms with Crippen LogP contribution in [0.5, 0.6) is 5.75 Å². The average Bonchev–Trinajstić information content (AvgIpc) is 3.26. The lowest BCUT2D eigenvalue weighted by atomic mass is 9.83. The number of aliphatic hydroxyl groups is 2. The highest BCUT2D eigenvalue weighted by atomic mass is 19.4. The number of hydrogen-bond donors (Lipinski definition) is 2. The van der Waals surface area contributed by atoms with Gasteiger partial charge in [0.25, 0.3) is 0 Å². The van der Waals surface area contributed by atoms with E-state index in [2.05, 4.69) is 10.1 Å². The fourth-order valence-electron chi connectivity index (χ4n) is 4.72. The molecule has 0 amide bonds. The van der Waals surface area contributed by atoms with E-state index in [1.807, 2.05) is 4.90 Å². The summed E-state index contributed by atoms with van der Waals surface area (Å²) in [6.45, 7) is -0.319. The van der Waals surface area contributed by atoms with E-state index in [1.165, 1.54) is 16.8 Å². The average molecular weight is 541 g/mol. The third-order valence-electron chi connectivity index (χ3n) is 6.91. The number of aliphatic hydroxyl groups excluding tert-OH is 1. The topological polar surface area (TPSA) is 83.6 Å². The Morgan fingerprint density at radius 2 is 1.87 bits per heavy atom. The van der Waals surface area contributed by atoms with Crippen LogP contribution in [-0.2, 0) is 19.8 Å². The number of aromatic nitrogens is 3. The molecule has 2 N–H and O–H groups in total. The third-order valence-corrected chi connectivity index (χ3v) is 6.91. The number of nitrogens with zero attached hydrogens (tertiary/aromatic N) is 4. The molecule has 1 aliphatic heterocycles. The molecule has 1 saturated heterocycles. The van der Waals surface area contributed by atoms with Crippen LogP contribution in [0, 0.1) is 5.92 Å². The number of pyridine rings is 1. The first-order valence-electron chi connectivity index (χ1n) is 12.1. The van der Waals surface area contributed by atoms with Crippen LogP contribution in [0.15, 0.2) is 42.6 Å². The van der Waals surface area contributed by atoms with Gasteiger partial charge in [-0.05, 0) is 50.6 Å². The fourth-order valence-corrected chi connectivity index (χ4v) is 4.72. The second kappa shape index (κ2) is 11.0. The highest BCUT2D eigenvalue weighted by molar-refractivity contribution is 5.69. The van der Waals surface area contributed by atoms with Gasteiger partial charge < -0.3 is 14.9 Å². The SMILES string of the molecule is Cn1nc(-c2ccc(CN3CCC[C@H]([C@](C)(O)CO)C3)c(OC(F)F)c2)cc1-c1ccc(C(F)(F)F)nc1. The zero-order valence-electron chi connectivity index (χ0n) is 20.9. The Morgan fingerprint density at radius 3 is 2.50 bits per heavy atom. The molecule has 0 bridgehead atoms. The molecule has 1 fully saturated rings. The number of piperidine rings is 1. The molecule has 3 heterocycles. The Bertz CT molecular complexity index is 1240. The Morgan fingerprint density at radius 1 is 1.13 bits per heavy atom. The summed E-state index contributed by atoms with van der Waals surface area (Å²) in [7, 11) is 1.62. The molecule has 0 unspecified atom stereocenters. The molecule has 1 aliphatic rings. The minimum atomic E-state index is -4.55. The van der Waals surface area contributed by atoms with Gasteiger partial charge in [0, 0.05) is 48.9 Å². The van der Waals surface area contributed by atoms with Gasteiger partial charge in [-0.2, -0.15) is 27.1 Å². The number of rotatable bonds is 8. The van der Waals surface area contributed by atoms with Crippen molar-refractivity contribution < 1.29 is 36.9 Å². The molecule has 2 aromatic heterocycles. The van der Waals surface area contributed by atoms with Gasteiger partial charge in [-0.1, -0.05) is 12.1 Å². The van der Waals surface area contributed by atoms with E-state index >= 15 is 0 Å². The number of likely N-dealkylation sites (tertiary alicyclic amines) is 1. The van der Waals surface area contributed by atoms with Crippen LogP contribution in [0.4, 0.5) is 22.0 Å². The number of ether oxygens (including phenoxy) is 1. The summed E-state index contributed by atoms with van der Waals surface area (Å²) in [5.41, 5.74) is 0.116. The van der Waals surface area contributed by atoms with E-state index < -0.39 is 24.1 Å². The predicted octanol–water partition coefficient (Wildman–Crippen LogP) is 4.72. The zero-order valence-corrected chi connectivity index (χ0v) is 20.9. The molecular formula is C26H29F5N4O3. The van der Waals surface area contributed by atoms with Crippen LogP contribution in [0.2, 0.25) is 0 Å². The quantitative estimate of drug-likeness (QED) is 0.403. The summed E-state index contributed by atoms with van der Waals surface area (Å²) in [5, 5.41) is 24.4. The van der Waals surface area contributed by atoms with Crippen molar-refractivity contribution in [2.75, 3.05) is 19.7 Å². The van der Waals surface area contributed by atoms with E-state index in [0.29, 0.717) is 47.7 Å². The lowest BCUT2D eigenvalue weighted by Crippen LogP contribution is -2.47. The summed E-state index contributed by atoms with van der Waals surface area (Å²) >= 11 is 0. The van der Waals surface area contributed by atoms with E-state index in [-0.39, 0.29) is 18.3 Å². The highest BCUT2D eigenvalue weighted by Crippen LogP contribution is 2.34. The highest BCUT2D eigenvalue weighted by Gasteiger charge is 2.35. The molecule has 0 saturated carbocycles. The Hall–Kier alpha value is -3.09. The minimum absolute atomic E-state index is 0.0167. The molecule has 0 radical (unpaired) electrons. The van der Waals surface area contributed by atoms with Gasteiger partial charge in [0.15, 0.2) is 0 Å². The van der Waals surface area contributed by atoms with Gasteiger partial charge in [-0.15, -0.1) is 0 Å². The monoisotopic (exact) mass is 540 g/mol. The standard InChI is InChI=1S/C26H29F5N4O3/c1-25(37,15-36)19-4-3-9-35(14-19)13-18-6-5-16(10-22(18)38-24(27)28)20-11-21(34(2)33-20)17-7-8-23(32-12-17)26(29,30)31/h5-8,10-12,19,24,36-37H,3-4,9,13-15H2,1-2H3/t19-,25+/m0/s1. The molecule has 7 nitrogen and oxygen atoms in total. The molecule has 1 aromatic carbocycles. The predicted molar refractivity (Wildman–Crippen MR) is 129 cm³/mol. The van der Waals surface area contributed by atoms with Crippen molar-refractivity contribution in [1.29, 1.82) is 0 Å². The van der Waals surface area contributed by atoms with E-state index in [4.69, 9.17) is 4.74 Å². The molecule has 0 spiro atoms. The van der Waals surface area contributed by atoms with Crippen molar-refractivity contribution >= 4 is 0 Å². The van der Waals surface area contributed by atoms with Crippen molar-refractivity contribution in [1.82, 2.24) is 19.7 Å². The normalized spacial score (nSPS) is 18.5. The first kappa shape index (κ1) is 27.9. The minimum Gasteiger partial charge on any atom is -0.434 e. The van der Waals surface area contributed by atoms with Crippen LogP contribution in [0.1, 0.15) is 31.0 Å². The fraction of sp³-hybridized carbons (Fsp3) is 0.462. The molecule has 206 valence electrons. The van der Waals surface area contributed by atoms with Crippen LogP contribution in [-0.4, -0.2) is 61.8 Å². The summed E-state index contributed by atoms with van der Waals surface area (Å²) in [5.74, 6) is -0.177. The van der Waals surface area contributed by atoms with Crippen LogP contribution >= 0.6 is 0 Å². The van der Waals surface area contributed by atoms with Gasteiger partial charge in [-0.3, -0.25) is 14.6 Å². The Labute approximate surface area is 216 Å². The van der Waals surface area contributed by atoms with Gasteiger partial charge in [0.05, 0.1) is 23.6 Å². The van der Waals surface area contributed by atoms with Gasteiger partial charge >= 0.3 is 12.8 Å². The van der Waals surface area contributed by atoms with Crippen molar-refractivity contribution in [3.63, 3.8) is 0 Å². The first-order valence-corrected chi connectivity index (χ1v) is 12.1. The third kappa shape index (κ3) is 6.30. The molecule has 0 aliphatic carbocycles. The largest absolute Gasteiger partial charge is 0.434 e. The molecule has 3 aromatic rings. The lowest BCUT2D eigenvalue weighted by molar-refractivity contribution is -0.141. The van der Waals surface area contributed by atoms with Gasteiger partial charge in [-0.25, -0.2) is 0 Å². The molecule has 38 heavy (non-hydrogen) atoms. The number of alkyl halides is 5. The number of hydrogen-bond acceptors (Lipinski definition) is 6. The molecule has 2 atom stereocenters. The van der Waals surface area contributed by atoms with E-state index in [0.717, 1.165) is 25.1 Å². The maximum Gasteiger partial charge on any atom is 0.433 e. The van der Waals surface area contributed by atoms with Crippen molar-refractivity contribution in [3.8, 4) is 28.3 Å². The van der Waals surface area contributed by atoms with E-state index in [9.17, 15) is 32.2 Å². The van der Waals surface area contributed by atoms with E-state index in [1.54, 1.807) is 32.2 Å². The summed E-state index contributed by atoms with van der Waals surface area (Å²) < 4.78 is 71.4. The molecule has 12 heteroatoms. The molecule has 4 rings (SSSR count). The number of benzene rings is 1. The van der Waals surface area contributed by atoms with Gasteiger partial charge in [0.2, 0.25) is 0 Å². The Balaban J connectivity index is 1.58.